The molecule has 17 heavy (non-hydrogen) atoms. The predicted octanol–water partition coefficient (Wildman–Crippen LogP) is 2.51. The van der Waals surface area contributed by atoms with Gasteiger partial charge in [-0.05, 0) is 37.1 Å². The normalized spacial score (nSPS) is 15.4. The Bertz CT molecular complexity index is 572. The molecule has 1 aliphatic carbocycles. The molecule has 0 atom stereocenters. The lowest BCUT2D eigenvalue weighted by Gasteiger charge is -1.98. The fourth-order valence-corrected chi connectivity index (χ4v) is 1.76. The van der Waals surface area contributed by atoms with Gasteiger partial charge < -0.3 is 9.73 Å². The fraction of sp³-hybridized carbons (Fsp3) is 0.308. The van der Waals surface area contributed by atoms with Gasteiger partial charge in [-0.15, -0.1) is 0 Å². The first-order valence-electron chi connectivity index (χ1n) is 5.68. The van der Waals surface area contributed by atoms with Crippen LogP contribution in [0.5, 0.6) is 0 Å². The van der Waals surface area contributed by atoms with Gasteiger partial charge in [-0.25, -0.2) is 4.39 Å². The van der Waals surface area contributed by atoms with Crippen LogP contribution in [0.3, 0.4) is 0 Å². The largest absolute Gasteiger partial charge is 0.453 e. The van der Waals surface area contributed by atoms with Crippen molar-refractivity contribution >= 4 is 16.8 Å². The van der Waals surface area contributed by atoms with Gasteiger partial charge in [0, 0.05) is 11.4 Å². The standard InChI is InChI=1S/C13H12FNO2/c14-9-1-4-12-8(5-9)6-13(17-12)11(16)7-15-10-2-3-10/h1,4-6,10,15H,2-3,7H2. The number of carbonyl (C=O) groups is 1. The van der Waals surface area contributed by atoms with E-state index in [1.165, 1.54) is 18.2 Å². The van der Waals surface area contributed by atoms with Crippen molar-refractivity contribution in [2.45, 2.75) is 18.9 Å². The highest BCUT2D eigenvalue weighted by atomic mass is 19.1. The summed E-state index contributed by atoms with van der Waals surface area (Å²) >= 11 is 0. The molecule has 88 valence electrons. The van der Waals surface area contributed by atoms with Gasteiger partial charge in [0.1, 0.15) is 11.4 Å². The maximum atomic E-state index is 13.0. The van der Waals surface area contributed by atoms with Crippen LogP contribution in [0.25, 0.3) is 11.0 Å². The van der Waals surface area contributed by atoms with E-state index >= 15 is 0 Å². The molecule has 1 saturated carbocycles. The molecule has 0 amide bonds. The Kier molecular flexibility index (Phi) is 2.44. The highest BCUT2D eigenvalue weighted by Gasteiger charge is 2.22. The first kappa shape index (κ1) is 10.5. The number of rotatable bonds is 4. The number of furan rings is 1. The lowest BCUT2D eigenvalue weighted by molar-refractivity contribution is 0.0966. The van der Waals surface area contributed by atoms with Crippen molar-refractivity contribution in [1.82, 2.24) is 5.32 Å². The van der Waals surface area contributed by atoms with E-state index < -0.39 is 0 Å². The van der Waals surface area contributed by atoms with Crippen LogP contribution < -0.4 is 5.32 Å². The number of benzene rings is 1. The van der Waals surface area contributed by atoms with Crippen LogP contribution in [-0.4, -0.2) is 18.4 Å². The molecular formula is C13H12FNO2. The van der Waals surface area contributed by atoms with E-state index in [-0.39, 0.29) is 18.1 Å². The van der Waals surface area contributed by atoms with E-state index in [0.717, 1.165) is 12.8 Å². The summed E-state index contributed by atoms with van der Waals surface area (Å²) in [4.78, 5) is 11.8. The van der Waals surface area contributed by atoms with Crippen molar-refractivity contribution in [2.24, 2.45) is 0 Å². The number of ketones is 1. The van der Waals surface area contributed by atoms with Gasteiger partial charge in [0.25, 0.3) is 0 Å². The van der Waals surface area contributed by atoms with E-state index in [1.807, 2.05) is 0 Å². The lowest BCUT2D eigenvalue weighted by Crippen LogP contribution is -2.24. The smallest absolute Gasteiger partial charge is 0.211 e. The van der Waals surface area contributed by atoms with Crippen molar-refractivity contribution in [3.63, 3.8) is 0 Å². The maximum Gasteiger partial charge on any atom is 0.211 e. The summed E-state index contributed by atoms with van der Waals surface area (Å²) in [5, 5.41) is 3.75. The topological polar surface area (TPSA) is 42.2 Å². The third-order valence-corrected chi connectivity index (χ3v) is 2.88. The van der Waals surface area contributed by atoms with Gasteiger partial charge in [0.2, 0.25) is 5.78 Å². The third-order valence-electron chi connectivity index (χ3n) is 2.88. The molecule has 0 bridgehead atoms. The first-order chi connectivity index (χ1) is 8.22. The summed E-state index contributed by atoms with van der Waals surface area (Å²) in [7, 11) is 0. The number of nitrogens with one attached hydrogen (secondary N) is 1. The van der Waals surface area contributed by atoms with E-state index in [1.54, 1.807) is 6.07 Å². The second kappa shape index (κ2) is 3.96. The average molecular weight is 233 g/mol. The number of hydrogen-bond donors (Lipinski definition) is 1. The molecule has 1 aromatic carbocycles. The molecule has 1 fully saturated rings. The van der Waals surface area contributed by atoms with Gasteiger partial charge in [0.15, 0.2) is 5.76 Å². The summed E-state index contributed by atoms with van der Waals surface area (Å²) in [6, 6.07) is 6.30. The Labute approximate surface area is 97.6 Å². The summed E-state index contributed by atoms with van der Waals surface area (Å²) < 4.78 is 18.4. The van der Waals surface area contributed by atoms with Crippen molar-refractivity contribution in [2.75, 3.05) is 6.54 Å². The molecule has 0 spiro atoms. The minimum atomic E-state index is -0.326. The molecule has 0 radical (unpaired) electrons. The van der Waals surface area contributed by atoms with Crippen LogP contribution in [0.15, 0.2) is 28.7 Å². The monoisotopic (exact) mass is 233 g/mol. The fourth-order valence-electron chi connectivity index (χ4n) is 1.76. The molecule has 3 rings (SSSR count). The van der Waals surface area contributed by atoms with Crippen LogP contribution in [0.2, 0.25) is 0 Å². The lowest BCUT2D eigenvalue weighted by atomic mass is 10.2. The van der Waals surface area contributed by atoms with Crippen molar-refractivity contribution in [3.05, 3.63) is 35.8 Å². The molecule has 0 aliphatic heterocycles. The van der Waals surface area contributed by atoms with E-state index in [9.17, 15) is 9.18 Å². The number of fused-ring (bicyclic) bond motifs is 1. The zero-order valence-corrected chi connectivity index (χ0v) is 9.20. The van der Waals surface area contributed by atoms with Gasteiger partial charge in [0.05, 0.1) is 6.54 Å². The first-order valence-corrected chi connectivity index (χ1v) is 5.68. The Balaban J connectivity index is 1.81. The maximum absolute atomic E-state index is 13.0. The molecule has 1 aromatic heterocycles. The van der Waals surface area contributed by atoms with E-state index in [4.69, 9.17) is 4.42 Å². The molecular weight excluding hydrogens is 221 g/mol. The number of hydrogen-bond acceptors (Lipinski definition) is 3. The minimum Gasteiger partial charge on any atom is -0.453 e. The van der Waals surface area contributed by atoms with Crippen molar-refractivity contribution < 1.29 is 13.6 Å². The molecule has 2 aromatic rings. The molecule has 1 heterocycles. The Morgan fingerprint density at radius 3 is 3.00 bits per heavy atom. The minimum absolute atomic E-state index is 0.0893. The Morgan fingerprint density at radius 2 is 2.24 bits per heavy atom. The van der Waals surface area contributed by atoms with Crippen LogP contribution in [0.4, 0.5) is 4.39 Å². The zero-order valence-electron chi connectivity index (χ0n) is 9.20. The van der Waals surface area contributed by atoms with Gasteiger partial charge >= 0.3 is 0 Å². The Morgan fingerprint density at radius 1 is 1.41 bits per heavy atom. The molecule has 4 heteroatoms. The molecule has 0 saturated heterocycles. The summed E-state index contributed by atoms with van der Waals surface area (Å²) in [6.07, 6.45) is 2.28. The van der Waals surface area contributed by atoms with Crippen LogP contribution >= 0.6 is 0 Å². The molecule has 3 nitrogen and oxygen atoms in total. The Hall–Kier alpha value is -1.68. The molecule has 0 unspecified atom stereocenters. The molecule has 1 aliphatic rings. The summed E-state index contributed by atoms with van der Waals surface area (Å²) in [5.41, 5.74) is 0.543. The van der Waals surface area contributed by atoms with Gasteiger partial charge in [-0.1, -0.05) is 0 Å². The zero-order chi connectivity index (χ0) is 11.8. The summed E-state index contributed by atoms with van der Waals surface area (Å²) in [5.74, 6) is -0.124. The van der Waals surface area contributed by atoms with Gasteiger partial charge in [-0.2, -0.15) is 0 Å². The quantitative estimate of drug-likeness (QED) is 0.825. The van der Waals surface area contributed by atoms with Crippen molar-refractivity contribution in [1.29, 1.82) is 0 Å². The van der Waals surface area contributed by atoms with E-state index in [2.05, 4.69) is 5.32 Å². The number of halogens is 1. The highest BCUT2D eigenvalue weighted by molar-refractivity contribution is 5.98. The van der Waals surface area contributed by atoms with Crippen LogP contribution in [0.1, 0.15) is 23.4 Å². The van der Waals surface area contributed by atoms with Crippen LogP contribution in [-0.2, 0) is 0 Å². The van der Waals surface area contributed by atoms with E-state index in [0.29, 0.717) is 22.8 Å². The summed E-state index contributed by atoms with van der Waals surface area (Å²) in [6.45, 7) is 0.285. The number of Topliss-reactive ketones (excluding diaryl/α,β-unsaturated/α-hetero) is 1. The SMILES string of the molecule is O=C(CNC1CC1)c1cc2cc(F)ccc2o1. The van der Waals surface area contributed by atoms with Crippen LogP contribution in [0, 0.1) is 5.82 Å². The second-order valence-electron chi connectivity index (χ2n) is 4.37. The average Bonchev–Trinajstić information content (AvgIpc) is 3.04. The predicted molar refractivity (Wildman–Crippen MR) is 61.5 cm³/mol. The second-order valence-corrected chi connectivity index (χ2v) is 4.37. The number of carbonyl (C=O) groups excluding carboxylic acids is 1. The molecule has 1 N–H and O–H groups in total. The van der Waals surface area contributed by atoms with Crippen molar-refractivity contribution in [3.8, 4) is 0 Å². The third kappa shape index (κ3) is 2.22. The highest BCUT2D eigenvalue weighted by Crippen LogP contribution is 2.21. The van der Waals surface area contributed by atoms with Gasteiger partial charge in [-0.3, -0.25) is 4.79 Å².